The summed E-state index contributed by atoms with van der Waals surface area (Å²) in [5.74, 6) is 2.77. The van der Waals surface area contributed by atoms with Crippen molar-refractivity contribution in [2.45, 2.75) is 53.4 Å². The van der Waals surface area contributed by atoms with E-state index in [4.69, 9.17) is 19.3 Å². The van der Waals surface area contributed by atoms with Gasteiger partial charge in [0.2, 0.25) is 0 Å². The van der Waals surface area contributed by atoms with Crippen molar-refractivity contribution in [2.75, 3.05) is 13.3 Å². The van der Waals surface area contributed by atoms with Gasteiger partial charge in [0, 0.05) is 5.56 Å². The predicted molar refractivity (Wildman–Crippen MR) is 113 cm³/mol. The van der Waals surface area contributed by atoms with Crippen molar-refractivity contribution in [3.63, 3.8) is 0 Å². The Balaban J connectivity index is 2.41. The van der Waals surface area contributed by atoms with Crippen LogP contribution >= 0.6 is 7.60 Å². The van der Waals surface area contributed by atoms with Gasteiger partial charge in [-0.1, -0.05) is 32.9 Å². The van der Waals surface area contributed by atoms with E-state index in [9.17, 15) is 4.57 Å². The Labute approximate surface area is 167 Å². The van der Waals surface area contributed by atoms with Crippen LogP contribution in [0.5, 0.6) is 17.2 Å². The Kier molecular flexibility index (Phi) is 7.33. The summed E-state index contributed by atoms with van der Waals surface area (Å²) < 4.78 is 23.0. The zero-order valence-electron chi connectivity index (χ0n) is 17.6. The number of benzene rings is 2. The van der Waals surface area contributed by atoms with E-state index >= 15 is 0 Å². The van der Waals surface area contributed by atoms with Crippen LogP contribution in [0.1, 0.15) is 54.5 Å². The predicted octanol–water partition coefficient (Wildman–Crippen LogP) is 5.51. The fourth-order valence-electron chi connectivity index (χ4n) is 3.28. The highest BCUT2D eigenvalue weighted by Crippen LogP contribution is 2.39. The van der Waals surface area contributed by atoms with Gasteiger partial charge < -0.3 is 19.3 Å². The van der Waals surface area contributed by atoms with E-state index in [1.165, 1.54) is 0 Å². The Morgan fingerprint density at radius 1 is 1.04 bits per heavy atom. The molecule has 0 saturated carbocycles. The van der Waals surface area contributed by atoms with Crippen LogP contribution in [-0.4, -0.2) is 23.1 Å². The first-order valence-electron chi connectivity index (χ1n) is 9.59. The van der Waals surface area contributed by atoms with Crippen molar-refractivity contribution >= 4 is 7.60 Å². The van der Waals surface area contributed by atoms with Gasteiger partial charge in [-0.15, -0.1) is 0 Å². The molecule has 0 unspecified atom stereocenters. The minimum absolute atomic E-state index is 0.148. The maximum absolute atomic E-state index is 11.2. The number of hydrogen-bond acceptors (Lipinski definition) is 3. The molecule has 2 aromatic rings. The average molecular weight is 406 g/mol. The monoisotopic (exact) mass is 406 g/mol. The highest BCUT2D eigenvalue weighted by molar-refractivity contribution is 7.51. The van der Waals surface area contributed by atoms with E-state index in [0.717, 1.165) is 51.5 Å². The summed E-state index contributed by atoms with van der Waals surface area (Å²) >= 11 is 0. The molecule has 2 rings (SSSR count). The molecule has 5 nitrogen and oxygen atoms in total. The van der Waals surface area contributed by atoms with Crippen LogP contribution in [0, 0.1) is 13.8 Å². The Bertz CT molecular complexity index is 883. The quantitative estimate of drug-likeness (QED) is 0.565. The molecule has 0 aliphatic heterocycles. The molecule has 0 spiro atoms. The van der Waals surface area contributed by atoms with Crippen molar-refractivity contribution in [1.29, 1.82) is 0 Å². The summed E-state index contributed by atoms with van der Waals surface area (Å²) in [6.45, 7) is 10.3. The van der Waals surface area contributed by atoms with Gasteiger partial charge in [0.15, 0.2) is 0 Å². The average Bonchev–Trinajstić information content (AvgIpc) is 2.61. The summed E-state index contributed by atoms with van der Waals surface area (Å²) in [5, 5.41) is 0. The SMILES string of the molecule is CCc1cc(CCP(=O)(O)O)cc(C)c1Oc1cc(C(C)C)c(OC)cc1C. The zero-order valence-corrected chi connectivity index (χ0v) is 18.5. The molecule has 154 valence electrons. The molecular weight excluding hydrogens is 375 g/mol. The summed E-state index contributed by atoms with van der Waals surface area (Å²) in [7, 11) is -2.33. The smallest absolute Gasteiger partial charge is 0.325 e. The number of rotatable bonds is 8. The van der Waals surface area contributed by atoms with Crippen LogP contribution < -0.4 is 9.47 Å². The lowest BCUT2D eigenvalue weighted by Crippen LogP contribution is -2.01. The second kappa shape index (κ2) is 9.13. The van der Waals surface area contributed by atoms with Crippen LogP contribution in [-0.2, 0) is 17.4 Å². The van der Waals surface area contributed by atoms with Gasteiger partial charge in [-0.25, -0.2) is 0 Å². The second-order valence-corrected chi connectivity index (χ2v) is 9.29. The van der Waals surface area contributed by atoms with Crippen LogP contribution in [0.25, 0.3) is 0 Å². The highest BCUT2D eigenvalue weighted by Gasteiger charge is 2.17. The number of methoxy groups -OCH3 is 1. The van der Waals surface area contributed by atoms with Crippen LogP contribution in [0.4, 0.5) is 0 Å². The second-order valence-electron chi connectivity index (χ2n) is 7.51. The third-order valence-corrected chi connectivity index (χ3v) is 5.65. The Morgan fingerprint density at radius 2 is 1.71 bits per heavy atom. The third-order valence-electron chi connectivity index (χ3n) is 4.85. The van der Waals surface area contributed by atoms with Crippen molar-refractivity contribution < 1.29 is 23.8 Å². The van der Waals surface area contributed by atoms with Gasteiger partial charge in [0.1, 0.15) is 17.2 Å². The molecule has 0 atom stereocenters. The van der Waals surface area contributed by atoms with Crippen molar-refractivity contribution in [1.82, 2.24) is 0 Å². The van der Waals surface area contributed by atoms with E-state index in [1.807, 2.05) is 38.1 Å². The highest BCUT2D eigenvalue weighted by atomic mass is 31.2. The first-order chi connectivity index (χ1) is 13.1. The molecule has 0 aliphatic rings. The topological polar surface area (TPSA) is 76.0 Å². The van der Waals surface area contributed by atoms with Gasteiger partial charge in [0.05, 0.1) is 13.3 Å². The molecular formula is C22H31O5P. The summed E-state index contributed by atoms with van der Waals surface area (Å²) in [5.41, 5.74) is 4.99. The normalized spacial score (nSPS) is 11.8. The van der Waals surface area contributed by atoms with E-state index in [1.54, 1.807) is 7.11 Å². The lowest BCUT2D eigenvalue weighted by atomic mass is 9.99. The standard InChI is InChI=1S/C22H31O5P/c1-7-18-12-17(8-9-28(23,24)25)10-16(5)22(18)27-20-13-19(14(2)3)21(26-6)11-15(20)4/h10-14H,7-9H2,1-6H3,(H2,23,24,25). The zero-order chi connectivity index (χ0) is 21.1. The fourth-order valence-corrected chi connectivity index (χ4v) is 3.83. The molecule has 0 heterocycles. The summed E-state index contributed by atoms with van der Waals surface area (Å²) in [6.07, 6.45) is 0.967. The van der Waals surface area contributed by atoms with Gasteiger partial charge in [0.25, 0.3) is 0 Å². The maximum Gasteiger partial charge on any atom is 0.325 e. The van der Waals surface area contributed by atoms with Crippen molar-refractivity contribution in [3.8, 4) is 17.2 Å². The molecule has 0 saturated heterocycles. The van der Waals surface area contributed by atoms with E-state index < -0.39 is 7.60 Å². The molecule has 0 bridgehead atoms. The van der Waals surface area contributed by atoms with Gasteiger partial charge >= 0.3 is 7.60 Å². The lowest BCUT2D eigenvalue weighted by molar-refractivity contribution is 0.373. The molecule has 28 heavy (non-hydrogen) atoms. The number of ether oxygens (including phenoxy) is 2. The maximum atomic E-state index is 11.2. The van der Waals surface area contributed by atoms with Crippen LogP contribution in [0.15, 0.2) is 24.3 Å². The van der Waals surface area contributed by atoms with Crippen LogP contribution in [0.2, 0.25) is 0 Å². The molecule has 0 aromatic heterocycles. The first-order valence-corrected chi connectivity index (χ1v) is 11.4. The number of hydrogen-bond donors (Lipinski definition) is 2. The molecule has 0 amide bonds. The van der Waals surface area contributed by atoms with Gasteiger partial charge in [-0.3, -0.25) is 4.57 Å². The minimum Gasteiger partial charge on any atom is -0.496 e. The summed E-state index contributed by atoms with van der Waals surface area (Å²) in [4.78, 5) is 18.3. The largest absolute Gasteiger partial charge is 0.496 e. The lowest BCUT2D eigenvalue weighted by Gasteiger charge is -2.19. The summed E-state index contributed by atoms with van der Waals surface area (Å²) in [6, 6.07) is 7.98. The fraction of sp³-hybridized carbons (Fsp3) is 0.455. The van der Waals surface area contributed by atoms with Gasteiger partial charge in [-0.2, -0.15) is 0 Å². The van der Waals surface area contributed by atoms with Crippen LogP contribution in [0.3, 0.4) is 0 Å². The van der Waals surface area contributed by atoms with E-state index in [0.29, 0.717) is 12.3 Å². The van der Waals surface area contributed by atoms with E-state index in [-0.39, 0.29) is 6.16 Å². The Hall–Kier alpha value is -1.81. The molecule has 0 radical (unpaired) electrons. The van der Waals surface area contributed by atoms with Gasteiger partial charge in [-0.05, 0) is 67.0 Å². The van der Waals surface area contributed by atoms with Crippen molar-refractivity contribution in [3.05, 3.63) is 52.1 Å². The third kappa shape index (κ3) is 5.60. The molecule has 0 fully saturated rings. The Morgan fingerprint density at radius 3 is 2.25 bits per heavy atom. The van der Waals surface area contributed by atoms with Crippen molar-refractivity contribution in [2.24, 2.45) is 0 Å². The molecule has 2 N–H and O–H groups in total. The molecule has 2 aromatic carbocycles. The minimum atomic E-state index is -4.01. The van der Waals surface area contributed by atoms with E-state index in [2.05, 4.69) is 20.8 Å². The molecule has 6 heteroatoms. The first kappa shape index (κ1) is 22.5. The number of aryl methyl sites for hydroxylation is 4. The molecule has 0 aliphatic carbocycles.